The van der Waals surface area contributed by atoms with Crippen LogP contribution in [0.4, 0.5) is 0 Å². The number of nitrogens with zero attached hydrogens (tertiary/aromatic N) is 1. The average Bonchev–Trinajstić information content (AvgIpc) is 2.17. The lowest BCUT2D eigenvalue weighted by molar-refractivity contribution is 0.0519. The Morgan fingerprint density at radius 3 is 2.67 bits per heavy atom. The molecule has 0 fully saturated rings. The highest BCUT2D eigenvalue weighted by atomic mass is 35.5. The van der Waals surface area contributed by atoms with Gasteiger partial charge in [0.15, 0.2) is 5.69 Å². The summed E-state index contributed by atoms with van der Waals surface area (Å²) in [7, 11) is 0. The summed E-state index contributed by atoms with van der Waals surface area (Å²) in [5, 5.41) is -0.639. The zero-order valence-electron chi connectivity index (χ0n) is 7.79. The number of rotatable bonds is 3. The van der Waals surface area contributed by atoms with E-state index in [0.29, 0.717) is 0 Å². The summed E-state index contributed by atoms with van der Waals surface area (Å²) < 4.78 is 4.71. The summed E-state index contributed by atoms with van der Waals surface area (Å²) in [5.41, 5.74) is 0.106. The largest absolute Gasteiger partial charge is 0.461 e. The van der Waals surface area contributed by atoms with Gasteiger partial charge in [0, 0.05) is 6.20 Å². The molecule has 4 nitrogen and oxygen atoms in total. The monoisotopic (exact) mass is 247 g/mol. The van der Waals surface area contributed by atoms with Crippen molar-refractivity contribution in [2.75, 3.05) is 6.61 Å². The first-order chi connectivity index (χ1) is 7.06. The maximum Gasteiger partial charge on any atom is 0.358 e. The van der Waals surface area contributed by atoms with Crippen molar-refractivity contribution in [2.45, 2.75) is 6.92 Å². The summed E-state index contributed by atoms with van der Waals surface area (Å²) in [6.07, 6.45) is 1.17. The van der Waals surface area contributed by atoms with Crippen LogP contribution < -0.4 is 0 Å². The first-order valence-electron chi connectivity index (χ1n) is 4.08. The normalized spacial score (nSPS) is 9.80. The molecule has 0 unspecified atom stereocenters. The van der Waals surface area contributed by atoms with E-state index in [-0.39, 0.29) is 22.9 Å². The van der Waals surface area contributed by atoms with Crippen LogP contribution in [0.25, 0.3) is 0 Å². The molecular weight excluding hydrogens is 241 g/mol. The quantitative estimate of drug-likeness (QED) is 0.608. The fraction of sp³-hybridized carbons (Fsp3) is 0.222. The van der Waals surface area contributed by atoms with Gasteiger partial charge in [0.05, 0.1) is 17.2 Å². The van der Waals surface area contributed by atoms with Crippen LogP contribution in [0.15, 0.2) is 12.3 Å². The van der Waals surface area contributed by atoms with E-state index in [9.17, 15) is 9.59 Å². The molecule has 1 aromatic heterocycles. The van der Waals surface area contributed by atoms with Crippen molar-refractivity contribution in [1.29, 1.82) is 0 Å². The number of hydrogen-bond acceptors (Lipinski definition) is 4. The van der Waals surface area contributed by atoms with Crippen molar-refractivity contribution in [3.05, 3.63) is 28.5 Å². The predicted molar refractivity (Wildman–Crippen MR) is 55.4 cm³/mol. The van der Waals surface area contributed by atoms with Crippen LogP contribution in [0, 0.1) is 0 Å². The Kier molecular flexibility index (Phi) is 4.05. The van der Waals surface area contributed by atoms with Gasteiger partial charge in [0.2, 0.25) is 0 Å². The van der Waals surface area contributed by atoms with E-state index < -0.39 is 11.2 Å². The SMILES string of the molecule is CCOC(=O)c1ncc(C(=O)Cl)cc1Cl. The van der Waals surface area contributed by atoms with Crippen LogP contribution in [0.2, 0.25) is 5.02 Å². The van der Waals surface area contributed by atoms with Gasteiger partial charge >= 0.3 is 5.97 Å². The minimum atomic E-state index is -0.681. The second kappa shape index (κ2) is 5.09. The van der Waals surface area contributed by atoms with Gasteiger partial charge in [0.25, 0.3) is 5.24 Å². The first kappa shape index (κ1) is 11.9. The number of esters is 1. The molecule has 0 spiro atoms. The molecule has 0 aliphatic carbocycles. The molecular formula is C9H7Cl2NO3. The second-order valence-corrected chi connectivity index (χ2v) is 3.30. The molecule has 0 aromatic carbocycles. The van der Waals surface area contributed by atoms with Gasteiger partial charge in [-0.15, -0.1) is 0 Å². The van der Waals surface area contributed by atoms with E-state index in [4.69, 9.17) is 27.9 Å². The summed E-state index contributed by atoms with van der Waals surface area (Å²) in [6, 6.07) is 1.27. The number of pyridine rings is 1. The third-order valence-corrected chi connectivity index (χ3v) is 2.04. The number of carbonyl (C=O) groups excluding carboxylic acids is 2. The van der Waals surface area contributed by atoms with E-state index in [1.54, 1.807) is 6.92 Å². The minimum absolute atomic E-state index is 0.0276. The maximum atomic E-state index is 11.3. The molecule has 80 valence electrons. The molecule has 0 radical (unpaired) electrons. The zero-order valence-corrected chi connectivity index (χ0v) is 9.30. The van der Waals surface area contributed by atoms with Crippen LogP contribution in [0.5, 0.6) is 0 Å². The zero-order chi connectivity index (χ0) is 11.4. The molecule has 0 bridgehead atoms. The smallest absolute Gasteiger partial charge is 0.358 e. The third kappa shape index (κ3) is 2.91. The first-order valence-corrected chi connectivity index (χ1v) is 4.84. The molecule has 0 atom stereocenters. The molecule has 15 heavy (non-hydrogen) atoms. The molecule has 0 aliphatic heterocycles. The number of carbonyl (C=O) groups is 2. The highest BCUT2D eigenvalue weighted by Crippen LogP contribution is 2.17. The highest BCUT2D eigenvalue weighted by molar-refractivity contribution is 6.67. The van der Waals surface area contributed by atoms with E-state index >= 15 is 0 Å². The summed E-state index contributed by atoms with van der Waals surface area (Å²) in [6.45, 7) is 1.90. The molecule has 1 rings (SSSR count). The molecule has 0 amide bonds. The molecule has 6 heteroatoms. The second-order valence-electron chi connectivity index (χ2n) is 2.55. The van der Waals surface area contributed by atoms with Crippen LogP contribution in [-0.2, 0) is 4.74 Å². The standard InChI is InChI=1S/C9H7Cl2NO3/c1-2-15-9(14)7-6(10)3-5(4-12-7)8(11)13/h3-4H,2H2,1H3. The van der Waals surface area contributed by atoms with Crippen molar-refractivity contribution >= 4 is 34.4 Å². The topological polar surface area (TPSA) is 56.3 Å². The minimum Gasteiger partial charge on any atom is -0.461 e. The van der Waals surface area contributed by atoms with Crippen molar-refractivity contribution in [3.63, 3.8) is 0 Å². The highest BCUT2D eigenvalue weighted by Gasteiger charge is 2.15. The Bertz CT molecular complexity index is 406. The predicted octanol–water partition coefficient (Wildman–Crippen LogP) is 2.29. The third-order valence-electron chi connectivity index (χ3n) is 1.54. The summed E-state index contributed by atoms with van der Waals surface area (Å²) >= 11 is 10.9. The Balaban J connectivity index is 3.03. The molecule has 1 heterocycles. The Morgan fingerprint density at radius 2 is 2.20 bits per heavy atom. The van der Waals surface area contributed by atoms with Gasteiger partial charge in [0.1, 0.15) is 0 Å². The summed E-state index contributed by atoms with van der Waals surface area (Å²) in [4.78, 5) is 25.7. The van der Waals surface area contributed by atoms with Crippen LogP contribution in [0.1, 0.15) is 27.8 Å². The lowest BCUT2D eigenvalue weighted by Crippen LogP contribution is -2.08. The Morgan fingerprint density at radius 1 is 1.53 bits per heavy atom. The van der Waals surface area contributed by atoms with E-state index in [2.05, 4.69) is 4.98 Å². The lowest BCUT2D eigenvalue weighted by Gasteiger charge is -2.03. The van der Waals surface area contributed by atoms with Gasteiger partial charge in [-0.05, 0) is 24.6 Å². The van der Waals surface area contributed by atoms with Gasteiger partial charge < -0.3 is 4.74 Å². The fourth-order valence-electron chi connectivity index (χ4n) is 0.895. The van der Waals surface area contributed by atoms with Gasteiger partial charge in [-0.1, -0.05) is 11.6 Å². The lowest BCUT2D eigenvalue weighted by atomic mass is 10.2. The number of ether oxygens (including phenoxy) is 1. The van der Waals surface area contributed by atoms with Crippen molar-refractivity contribution in [3.8, 4) is 0 Å². The fourth-order valence-corrected chi connectivity index (χ4v) is 1.24. The Hall–Kier alpha value is -1.13. The molecule has 0 saturated heterocycles. The van der Waals surface area contributed by atoms with Crippen LogP contribution >= 0.6 is 23.2 Å². The van der Waals surface area contributed by atoms with Crippen LogP contribution in [0.3, 0.4) is 0 Å². The summed E-state index contributed by atoms with van der Waals surface area (Å²) in [5.74, 6) is -0.629. The van der Waals surface area contributed by atoms with E-state index in [1.165, 1.54) is 12.3 Å². The van der Waals surface area contributed by atoms with E-state index in [1.807, 2.05) is 0 Å². The van der Waals surface area contributed by atoms with Crippen molar-refractivity contribution < 1.29 is 14.3 Å². The van der Waals surface area contributed by atoms with Gasteiger partial charge in [-0.3, -0.25) is 4.79 Å². The van der Waals surface area contributed by atoms with Gasteiger partial charge in [-0.25, -0.2) is 9.78 Å². The Labute approximate surface area is 96.2 Å². The van der Waals surface area contributed by atoms with Gasteiger partial charge in [-0.2, -0.15) is 0 Å². The molecule has 1 aromatic rings. The van der Waals surface area contributed by atoms with Crippen LogP contribution in [-0.4, -0.2) is 22.8 Å². The molecule has 0 N–H and O–H groups in total. The number of hydrogen-bond donors (Lipinski definition) is 0. The number of halogens is 2. The van der Waals surface area contributed by atoms with Crippen molar-refractivity contribution in [2.24, 2.45) is 0 Å². The average molecular weight is 248 g/mol. The maximum absolute atomic E-state index is 11.3. The molecule has 0 aliphatic rings. The number of aromatic nitrogens is 1. The van der Waals surface area contributed by atoms with Crippen molar-refractivity contribution in [1.82, 2.24) is 4.98 Å². The van der Waals surface area contributed by atoms with E-state index in [0.717, 1.165) is 0 Å². The molecule has 0 saturated carbocycles.